The summed E-state index contributed by atoms with van der Waals surface area (Å²) in [5.41, 5.74) is 2.36. The van der Waals surface area contributed by atoms with Gasteiger partial charge in [0, 0.05) is 6.20 Å². The van der Waals surface area contributed by atoms with Crippen LogP contribution in [0.15, 0.2) is 46.9 Å². The minimum absolute atomic E-state index is 0.00551. The maximum atomic E-state index is 13.1. The number of hydrogen-bond donors (Lipinski definition) is 0. The summed E-state index contributed by atoms with van der Waals surface area (Å²) in [5, 5.41) is 9.30. The number of nitriles is 1. The lowest BCUT2D eigenvalue weighted by molar-refractivity contribution is -0.135. The molecular weight excluding hydrogens is 370 g/mol. The molecule has 146 valence electrons. The Morgan fingerprint density at radius 3 is 2.52 bits per heavy atom. The summed E-state index contributed by atoms with van der Waals surface area (Å²) in [6.45, 7) is 5.68. The van der Waals surface area contributed by atoms with Crippen molar-refractivity contribution in [3.05, 3.63) is 74.7 Å². The first-order chi connectivity index (χ1) is 13.8. The van der Waals surface area contributed by atoms with E-state index >= 15 is 0 Å². The van der Waals surface area contributed by atoms with Crippen molar-refractivity contribution in [2.24, 2.45) is 0 Å². The number of aryl methyl sites for hydroxylation is 3. The maximum absolute atomic E-state index is 13.1. The second-order valence-electron chi connectivity index (χ2n) is 6.61. The highest BCUT2D eigenvalue weighted by molar-refractivity contribution is 5.98. The van der Waals surface area contributed by atoms with Crippen LogP contribution in [0.1, 0.15) is 22.3 Å². The van der Waals surface area contributed by atoms with Gasteiger partial charge in [-0.25, -0.2) is 4.79 Å². The van der Waals surface area contributed by atoms with E-state index < -0.39 is 11.5 Å². The number of methoxy groups -OCH3 is 1. The van der Waals surface area contributed by atoms with Gasteiger partial charge in [0.25, 0.3) is 5.56 Å². The lowest BCUT2D eigenvalue weighted by Gasteiger charge is -2.12. The van der Waals surface area contributed by atoms with E-state index in [0.29, 0.717) is 11.4 Å². The van der Waals surface area contributed by atoms with Crippen molar-refractivity contribution < 1.29 is 14.3 Å². The number of rotatable bonds is 4. The first-order valence-corrected chi connectivity index (χ1v) is 8.82. The molecule has 7 heteroatoms. The molecule has 1 aromatic carbocycles. The van der Waals surface area contributed by atoms with E-state index in [2.05, 4.69) is 9.72 Å². The Morgan fingerprint density at radius 1 is 1.21 bits per heavy atom. The number of benzene rings is 1. The maximum Gasteiger partial charge on any atom is 0.348 e. The predicted molar refractivity (Wildman–Crippen MR) is 108 cm³/mol. The second kappa shape index (κ2) is 7.98. The summed E-state index contributed by atoms with van der Waals surface area (Å²) < 4.78 is 11.9. The van der Waals surface area contributed by atoms with E-state index in [1.165, 1.54) is 4.40 Å². The molecule has 3 rings (SSSR count). The number of fused-ring (bicyclic) bond motifs is 1. The Labute approximate surface area is 167 Å². The van der Waals surface area contributed by atoms with Crippen LogP contribution in [0.25, 0.3) is 11.7 Å². The van der Waals surface area contributed by atoms with Crippen LogP contribution in [0.2, 0.25) is 0 Å². The van der Waals surface area contributed by atoms with E-state index in [1.807, 2.05) is 45.0 Å². The molecule has 0 aliphatic heterocycles. The van der Waals surface area contributed by atoms with Gasteiger partial charge in [-0.1, -0.05) is 12.1 Å². The van der Waals surface area contributed by atoms with E-state index in [1.54, 1.807) is 18.3 Å². The normalized spacial score (nSPS) is 11.2. The molecule has 0 bridgehead atoms. The number of nitrogens with zero attached hydrogens (tertiary/aromatic N) is 3. The first kappa shape index (κ1) is 19.8. The zero-order chi connectivity index (χ0) is 21.1. The third kappa shape index (κ3) is 4.01. The third-order valence-corrected chi connectivity index (χ3v) is 4.27. The van der Waals surface area contributed by atoms with E-state index in [9.17, 15) is 14.9 Å². The second-order valence-corrected chi connectivity index (χ2v) is 6.61. The number of pyridine rings is 1. The molecule has 0 aliphatic rings. The molecule has 0 saturated carbocycles. The fourth-order valence-electron chi connectivity index (χ4n) is 2.99. The Balaban J connectivity index is 2.30. The summed E-state index contributed by atoms with van der Waals surface area (Å²) in [5.74, 6) is -0.344. The standard InChI is InChI=1S/C22H19N3O4/c1-13-8-14(2)10-17(9-13)29-20-18(11-16(12-23)22(27)28-4)21(26)25-7-5-6-15(3)19(25)24-20/h5-11H,1-4H3/b16-11+. The van der Waals surface area contributed by atoms with E-state index in [0.717, 1.165) is 29.9 Å². The minimum atomic E-state index is -0.849. The van der Waals surface area contributed by atoms with Crippen LogP contribution in [0.3, 0.4) is 0 Å². The van der Waals surface area contributed by atoms with Gasteiger partial charge in [0.2, 0.25) is 5.88 Å². The van der Waals surface area contributed by atoms with Gasteiger partial charge in [0.1, 0.15) is 28.6 Å². The molecule has 3 aromatic rings. The van der Waals surface area contributed by atoms with Gasteiger partial charge in [0.05, 0.1) is 7.11 Å². The van der Waals surface area contributed by atoms with Crippen molar-refractivity contribution in [3.8, 4) is 17.7 Å². The largest absolute Gasteiger partial charge is 0.465 e. The molecule has 7 nitrogen and oxygen atoms in total. The Kier molecular flexibility index (Phi) is 5.46. The van der Waals surface area contributed by atoms with Crippen LogP contribution in [0.5, 0.6) is 11.6 Å². The summed E-state index contributed by atoms with van der Waals surface area (Å²) >= 11 is 0. The van der Waals surface area contributed by atoms with Gasteiger partial charge in [0.15, 0.2) is 0 Å². The van der Waals surface area contributed by atoms with Crippen molar-refractivity contribution in [2.45, 2.75) is 20.8 Å². The van der Waals surface area contributed by atoms with Crippen molar-refractivity contribution in [2.75, 3.05) is 7.11 Å². The molecule has 29 heavy (non-hydrogen) atoms. The van der Waals surface area contributed by atoms with Gasteiger partial charge < -0.3 is 9.47 Å². The fourth-order valence-corrected chi connectivity index (χ4v) is 2.99. The van der Waals surface area contributed by atoms with Crippen LogP contribution in [0, 0.1) is 32.1 Å². The minimum Gasteiger partial charge on any atom is -0.465 e. The quantitative estimate of drug-likeness (QED) is 0.385. The highest BCUT2D eigenvalue weighted by atomic mass is 16.5. The average molecular weight is 389 g/mol. The van der Waals surface area contributed by atoms with Crippen LogP contribution in [-0.4, -0.2) is 22.5 Å². The highest BCUT2D eigenvalue weighted by Gasteiger charge is 2.18. The summed E-state index contributed by atoms with van der Waals surface area (Å²) in [4.78, 5) is 29.5. The number of carbonyl (C=O) groups excluding carboxylic acids is 1. The Morgan fingerprint density at radius 2 is 1.90 bits per heavy atom. The summed E-state index contributed by atoms with van der Waals surface area (Å²) in [6.07, 6.45) is 2.72. The molecule has 0 atom stereocenters. The molecular formula is C22H19N3O4. The molecule has 2 heterocycles. The third-order valence-electron chi connectivity index (χ3n) is 4.27. The summed E-state index contributed by atoms with van der Waals surface area (Å²) in [7, 11) is 1.16. The topological polar surface area (TPSA) is 93.7 Å². The fraction of sp³-hybridized carbons (Fsp3) is 0.182. The number of aromatic nitrogens is 2. The van der Waals surface area contributed by atoms with Crippen molar-refractivity contribution >= 4 is 17.7 Å². The number of ether oxygens (including phenoxy) is 2. The lowest BCUT2D eigenvalue weighted by atomic mass is 10.1. The van der Waals surface area contributed by atoms with Crippen molar-refractivity contribution in [3.63, 3.8) is 0 Å². The smallest absolute Gasteiger partial charge is 0.348 e. The lowest BCUT2D eigenvalue weighted by Crippen LogP contribution is -2.20. The SMILES string of the molecule is COC(=O)/C(C#N)=C/c1c(Oc2cc(C)cc(C)c2)nc2c(C)cccn2c1=O. The van der Waals surface area contributed by atoms with Gasteiger partial charge in [-0.15, -0.1) is 0 Å². The monoisotopic (exact) mass is 389 g/mol. The van der Waals surface area contributed by atoms with Gasteiger partial charge in [-0.3, -0.25) is 9.20 Å². The van der Waals surface area contributed by atoms with Crippen LogP contribution in [-0.2, 0) is 9.53 Å². The molecule has 0 fully saturated rings. The summed E-state index contributed by atoms with van der Waals surface area (Å²) in [6, 6.07) is 10.9. The van der Waals surface area contributed by atoms with E-state index in [4.69, 9.17) is 4.74 Å². The number of carbonyl (C=O) groups is 1. The van der Waals surface area contributed by atoms with Crippen molar-refractivity contribution in [1.82, 2.24) is 9.38 Å². The zero-order valence-corrected chi connectivity index (χ0v) is 16.5. The molecule has 2 aromatic heterocycles. The van der Waals surface area contributed by atoms with Gasteiger partial charge >= 0.3 is 5.97 Å². The molecule has 0 saturated heterocycles. The molecule has 0 N–H and O–H groups in total. The number of hydrogen-bond acceptors (Lipinski definition) is 6. The number of esters is 1. The van der Waals surface area contributed by atoms with Crippen LogP contribution < -0.4 is 10.3 Å². The Bertz CT molecular complexity index is 1230. The molecule has 0 amide bonds. The first-order valence-electron chi connectivity index (χ1n) is 8.82. The van der Waals surface area contributed by atoms with Crippen LogP contribution >= 0.6 is 0 Å². The Hall–Kier alpha value is -3.92. The molecule has 0 spiro atoms. The van der Waals surface area contributed by atoms with Gasteiger partial charge in [-0.05, 0) is 61.7 Å². The molecule has 0 unspecified atom stereocenters. The van der Waals surface area contributed by atoms with Gasteiger partial charge in [-0.2, -0.15) is 10.2 Å². The van der Waals surface area contributed by atoms with E-state index in [-0.39, 0.29) is 17.0 Å². The molecule has 0 radical (unpaired) electrons. The zero-order valence-electron chi connectivity index (χ0n) is 16.5. The average Bonchev–Trinajstić information content (AvgIpc) is 2.67. The van der Waals surface area contributed by atoms with Crippen LogP contribution in [0.4, 0.5) is 0 Å². The predicted octanol–water partition coefficient (Wildman–Crippen LogP) is 3.49. The van der Waals surface area contributed by atoms with Crippen molar-refractivity contribution in [1.29, 1.82) is 5.26 Å². The molecule has 0 aliphatic carbocycles. The highest BCUT2D eigenvalue weighted by Crippen LogP contribution is 2.26.